The summed E-state index contributed by atoms with van der Waals surface area (Å²) < 4.78 is 0. The lowest BCUT2D eigenvalue weighted by Crippen LogP contribution is -1.65. The maximum Gasteiger partial charge on any atom is -0.0316 e. The van der Waals surface area contributed by atoms with Gasteiger partial charge in [-0.25, -0.2) is 0 Å². The van der Waals surface area contributed by atoms with E-state index in [9.17, 15) is 0 Å². The molecule has 0 amide bonds. The zero-order valence-corrected chi connectivity index (χ0v) is 5.84. The molecule has 50 valence electrons. The molecule has 0 aromatic heterocycles. The first-order valence-electron chi connectivity index (χ1n) is 3.80. The molecule has 0 radical (unpaired) electrons. The highest BCUT2D eigenvalue weighted by atomic mass is 13.9. The normalized spacial score (nSPS) is 27.6. The van der Waals surface area contributed by atoms with Gasteiger partial charge in [-0.15, -0.1) is 0 Å². The van der Waals surface area contributed by atoms with Crippen LogP contribution in [0.25, 0.3) is 0 Å². The fourth-order valence-electron chi connectivity index (χ4n) is 1.02. The Labute approximate surface area is 57.3 Å². The van der Waals surface area contributed by atoms with E-state index in [4.69, 9.17) is 0 Å². The second kappa shape index (κ2) is 4.37. The van der Waals surface area contributed by atoms with Gasteiger partial charge in [-0.05, 0) is 32.1 Å². The average Bonchev–Trinajstić information content (AvgIpc) is 2.00. The van der Waals surface area contributed by atoms with Crippen LogP contribution >= 0.6 is 0 Å². The predicted octanol–water partition coefficient (Wildman–Crippen LogP) is 3.06. The fourth-order valence-corrected chi connectivity index (χ4v) is 1.02. The Balaban J connectivity index is 2.28. The zero-order valence-electron chi connectivity index (χ0n) is 5.84. The minimum absolute atomic E-state index is 1.23. The Kier molecular flexibility index (Phi) is 3.20. The van der Waals surface area contributed by atoms with Crippen LogP contribution in [0, 0.1) is 0 Å². The van der Waals surface area contributed by atoms with Crippen LogP contribution in [0.5, 0.6) is 0 Å². The van der Waals surface area contributed by atoms with Gasteiger partial charge in [0.1, 0.15) is 0 Å². The van der Waals surface area contributed by atoms with Gasteiger partial charge in [0.15, 0.2) is 0 Å². The Hall–Kier alpha value is -0.520. The quantitative estimate of drug-likeness (QED) is 0.433. The van der Waals surface area contributed by atoms with Crippen molar-refractivity contribution in [2.45, 2.75) is 32.1 Å². The van der Waals surface area contributed by atoms with E-state index < -0.39 is 0 Å². The van der Waals surface area contributed by atoms with E-state index in [0.717, 1.165) is 0 Å². The summed E-state index contributed by atoms with van der Waals surface area (Å²) in [5.41, 5.74) is 0. The summed E-state index contributed by atoms with van der Waals surface area (Å²) >= 11 is 0. The zero-order chi connectivity index (χ0) is 6.36. The highest BCUT2D eigenvalue weighted by Crippen LogP contribution is 2.04. The van der Waals surface area contributed by atoms with Crippen LogP contribution in [0.3, 0.4) is 0 Å². The summed E-state index contributed by atoms with van der Waals surface area (Å²) in [6.45, 7) is 0. The van der Waals surface area contributed by atoms with Crippen molar-refractivity contribution in [2.24, 2.45) is 0 Å². The molecule has 0 bridgehead atoms. The van der Waals surface area contributed by atoms with Gasteiger partial charge in [-0.1, -0.05) is 24.3 Å². The van der Waals surface area contributed by atoms with Crippen LogP contribution < -0.4 is 0 Å². The third kappa shape index (κ3) is 3.12. The van der Waals surface area contributed by atoms with Crippen LogP contribution in [-0.4, -0.2) is 0 Å². The van der Waals surface area contributed by atoms with Crippen molar-refractivity contribution in [1.82, 2.24) is 0 Å². The summed E-state index contributed by atoms with van der Waals surface area (Å²) in [4.78, 5) is 0. The maximum atomic E-state index is 2.30. The average molecular weight is 122 g/mol. The Bertz CT molecular complexity index is 95.2. The predicted molar refractivity (Wildman–Crippen MR) is 41.4 cm³/mol. The molecule has 1 aliphatic carbocycles. The number of hydrogen-bond donors (Lipinski definition) is 0. The molecule has 0 aromatic carbocycles. The molecule has 0 fully saturated rings. The molecule has 0 atom stereocenters. The molecule has 9 heavy (non-hydrogen) atoms. The summed E-state index contributed by atoms with van der Waals surface area (Å²) in [5, 5.41) is 0. The second-order valence-corrected chi connectivity index (χ2v) is 2.45. The molecule has 0 heteroatoms. The van der Waals surface area contributed by atoms with Gasteiger partial charge in [0.05, 0.1) is 0 Å². The van der Waals surface area contributed by atoms with Gasteiger partial charge in [-0.3, -0.25) is 0 Å². The molecule has 0 saturated carbocycles. The van der Waals surface area contributed by atoms with Crippen molar-refractivity contribution in [3.8, 4) is 0 Å². The number of rotatable bonds is 0. The monoisotopic (exact) mass is 122 g/mol. The molecule has 0 nitrogen and oxygen atoms in total. The Morgan fingerprint density at radius 1 is 0.556 bits per heavy atom. The van der Waals surface area contributed by atoms with Crippen molar-refractivity contribution in [3.05, 3.63) is 24.3 Å². The molecular weight excluding hydrogens is 108 g/mol. The van der Waals surface area contributed by atoms with E-state index >= 15 is 0 Å². The minimum atomic E-state index is 1.23. The lowest BCUT2D eigenvalue weighted by atomic mass is 10.2. The van der Waals surface area contributed by atoms with E-state index in [-0.39, 0.29) is 0 Å². The van der Waals surface area contributed by atoms with Gasteiger partial charge in [0.25, 0.3) is 0 Å². The van der Waals surface area contributed by atoms with Crippen molar-refractivity contribution < 1.29 is 0 Å². The van der Waals surface area contributed by atoms with E-state index in [2.05, 4.69) is 24.3 Å². The third-order valence-corrected chi connectivity index (χ3v) is 1.57. The molecule has 0 N–H and O–H groups in total. The lowest BCUT2D eigenvalue weighted by Gasteiger charge is -1.85. The van der Waals surface area contributed by atoms with Crippen LogP contribution in [0.15, 0.2) is 24.3 Å². The molecule has 0 aromatic rings. The first kappa shape index (κ1) is 6.60. The summed E-state index contributed by atoms with van der Waals surface area (Å²) in [6, 6.07) is 0. The van der Waals surface area contributed by atoms with Crippen molar-refractivity contribution in [1.29, 1.82) is 0 Å². The molecule has 0 spiro atoms. The summed E-state index contributed by atoms with van der Waals surface area (Å²) in [6.07, 6.45) is 15.5. The van der Waals surface area contributed by atoms with Gasteiger partial charge < -0.3 is 0 Å². The topological polar surface area (TPSA) is 0 Å². The standard InChI is InChI=1S/C9H14/c1-2-4-6-8-9-7-5-3-1/h1-2,7,9H,3-6,8H2/b2-1-,9-7+. The molecule has 1 rings (SSSR count). The second-order valence-electron chi connectivity index (χ2n) is 2.45. The van der Waals surface area contributed by atoms with Gasteiger partial charge >= 0.3 is 0 Å². The molecule has 0 unspecified atom stereocenters. The van der Waals surface area contributed by atoms with Crippen LogP contribution in [-0.2, 0) is 0 Å². The first-order valence-corrected chi connectivity index (χ1v) is 3.80. The smallest absolute Gasteiger partial charge is 0.0316 e. The SMILES string of the molecule is C1=C\CCC/C=C/CC/1. The number of allylic oxidation sites excluding steroid dienone is 4. The highest BCUT2D eigenvalue weighted by Gasteiger charge is 1.83. The lowest BCUT2D eigenvalue weighted by molar-refractivity contribution is 0.868. The van der Waals surface area contributed by atoms with E-state index in [1.165, 1.54) is 32.1 Å². The van der Waals surface area contributed by atoms with E-state index in [0.29, 0.717) is 0 Å². The first-order chi connectivity index (χ1) is 4.50. The summed E-state index contributed by atoms with van der Waals surface area (Å²) in [7, 11) is 0. The highest BCUT2D eigenvalue weighted by molar-refractivity contribution is 4.90. The van der Waals surface area contributed by atoms with Gasteiger partial charge in [0, 0.05) is 0 Å². The van der Waals surface area contributed by atoms with Gasteiger partial charge in [0.2, 0.25) is 0 Å². The molecule has 1 aliphatic rings. The van der Waals surface area contributed by atoms with E-state index in [1.54, 1.807) is 0 Å². The third-order valence-electron chi connectivity index (χ3n) is 1.57. The Morgan fingerprint density at radius 3 is 1.56 bits per heavy atom. The minimum Gasteiger partial charge on any atom is -0.0885 e. The maximum absolute atomic E-state index is 2.30. The van der Waals surface area contributed by atoms with Crippen molar-refractivity contribution in [3.63, 3.8) is 0 Å². The molecular formula is C9H14. The van der Waals surface area contributed by atoms with Gasteiger partial charge in [-0.2, -0.15) is 0 Å². The van der Waals surface area contributed by atoms with Crippen LogP contribution in [0.2, 0.25) is 0 Å². The largest absolute Gasteiger partial charge is 0.0885 e. The van der Waals surface area contributed by atoms with Crippen molar-refractivity contribution >= 4 is 0 Å². The fraction of sp³-hybridized carbons (Fsp3) is 0.556. The number of hydrogen-bond acceptors (Lipinski definition) is 0. The molecule has 0 aliphatic heterocycles. The van der Waals surface area contributed by atoms with E-state index in [1.807, 2.05) is 0 Å². The summed E-state index contributed by atoms with van der Waals surface area (Å²) in [5.74, 6) is 0. The Morgan fingerprint density at radius 2 is 1.00 bits per heavy atom. The van der Waals surface area contributed by atoms with Crippen LogP contribution in [0.1, 0.15) is 32.1 Å². The molecule has 0 saturated heterocycles. The molecule has 0 heterocycles. The van der Waals surface area contributed by atoms with Crippen molar-refractivity contribution in [2.75, 3.05) is 0 Å². The van der Waals surface area contributed by atoms with Crippen LogP contribution in [0.4, 0.5) is 0 Å².